The lowest BCUT2D eigenvalue weighted by atomic mass is 10.1. The number of amides is 2. The molecule has 0 fully saturated rings. The summed E-state index contributed by atoms with van der Waals surface area (Å²) in [4.78, 5) is 31.7. The van der Waals surface area contributed by atoms with Crippen molar-refractivity contribution < 1.29 is 9.59 Å². The summed E-state index contributed by atoms with van der Waals surface area (Å²) in [5, 5.41) is 11.0. The molecule has 3 N–H and O–H groups in total. The van der Waals surface area contributed by atoms with Crippen molar-refractivity contribution in [1.29, 1.82) is 0 Å². The number of rotatable bonds is 6. The van der Waals surface area contributed by atoms with E-state index in [1.54, 1.807) is 31.5 Å². The number of carbonyl (C=O) groups excluding carboxylic acids is 2. The maximum Gasteiger partial charge on any atom is 0.251 e. The molecule has 0 radical (unpaired) electrons. The van der Waals surface area contributed by atoms with Crippen molar-refractivity contribution in [2.45, 2.75) is 19.4 Å². The van der Waals surface area contributed by atoms with Crippen molar-refractivity contribution in [3.63, 3.8) is 0 Å². The summed E-state index contributed by atoms with van der Waals surface area (Å²) in [6.45, 7) is 2.31. The molecule has 3 rings (SSSR count). The molecule has 1 aromatic carbocycles. The highest BCUT2D eigenvalue weighted by atomic mass is 127. The first kappa shape index (κ1) is 24.1. The topological polar surface area (TPSA) is 85.8 Å². The number of halogens is 1. The van der Waals surface area contributed by atoms with Crippen LogP contribution in [-0.2, 0) is 24.2 Å². The molecule has 30 heavy (non-hydrogen) atoms. The van der Waals surface area contributed by atoms with Gasteiger partial charge in [-0.15, -0.1) is 35.3 Å². The van der Waals surface area contributed by atoms with E-state index in [-0.39, 0.29) is 42.3 Å². The highest BCUT2D eigenvalue weighted by Gasteiger charge is 2.21. The number of benzene rings is 1. The first-order chi connectivity index (χ1) is 14.1. The lowest BCUT2D eigenvalue weighted by molar-refractivity contribution is -0.130. The van der Waals surface area contributed by atoms with Crippen LogP contribution < -0.4 is 16.0 Å². The van der Waals surface area contributed by atoms with Gasteiger partial charge in [-0.05, 0) is 47.5 Å². The monoisotopic (exact) mass is 541 g/mol. The Kier molecular flexibility index (Phi) is 9.57. The van der Waals surface area contributed by atoms with Crippen LogP contribution in [0, 0.1) is 0 Å². The first-order valence-corrected chi connectivity index (χ1v) is 10.6. The minimum atomic E-state index is -0.0944. The average Bonchev–Trinajstić information content (AvgIpc) is 3.23. The van der Waals surface area contributed by atoms with Gasteiger partial charge in [0.15, 0.2) is 5.96 Å². The van der Waals surface area contributed by atoms with Gasteiger partial charge in [-0.2, -0.15) is 0 Å². The van der Waals surface area contributed by atoms with E-state index in [1.807, 2.05) is 23.1 Å². The standard InChI is InChI=1S/C21H27N5O2S.HI/c1-22-20(28)16-5-3-4-15(12-16)6-9-24-21(23-2)25-13-19(27)26-10-7-18-17(14-26)8-11-29-18;/h3-5,8,11-12H,6-7,9-10,13-14H2,1-2H3,(H,22,28)(H2,23,24,25);1H. The van der Waals surface area contributed by atoms with Crippen LogP contribution in [0.3, 0.4) is 0 Å². The molecule has 2 amide bonds. The van der Waals surface area contributed by atoms with E-state index in [9.17, 15) is 9.59 Å². The summed E-state index contributed by atoms with van der Waals surface area (Å²) in [5.41, 5.74) is 2.97. The number of hydrogen-bond donors (Lipinski definition) is 3. The maximum atomic E-state index is 12.5. The van der Waals surface area contributed by atoms with Crippen LogP contribution in [0.25, 0.3) is 0 Å². The van der Waals surface area contributed by atoms with Crippen molar-refractivity contribution in [3.8, 4) is 0 Å². The summed E-state index contributed by atoms with van der Waals surface area (Å²) in [7, 11) is 3.31. The molecule has 0 bridgehead atoms. The zero-order valence-corrected chi connectivity index (χ0v) is 20.4. The van der Waals surface area contributed by atoms with E-state index in [4.69, 9.17) is 0 Å². The summed E-state index contributed by atoms with van der Waals surface area (Å²) in [6.07, 6.45) is 1.67. The maximum absolute atomic E-state index is 12.5. The quantitative estimate of drug-likeness (QED) is 0.297. The Balaban J connectivity index is 0.00000320. The van der Waals surface area contributed by atoms with Gasteiger partial charge in [0.25, 0.3) is 5.91 Å². The number of carbonyl (C=O) groups is 2. The predicted octanol–water partition coefficient (Wildman–Crippen LogP) is 2.02. The summed E-state index contributed by atoms with van der Waals surface area (Å²) < 4.78 is 0. The highest BCUT2D eigenvalue weighted by molar-refractivity contribution is 14.0. The number of hydrogen-bond acceptors (Lipinski definition) is 4. The number of nitrogens with one attached hydrogen (secondary N) is 3. The molecule has 1 aliphatic heterocycles. The molecule has 0 aliphatic carbocycles. The Morgan fingerprint density at radius 3 is 2.83 bits per heavy atom. The third kappa shape index (κ3) is 6.43. The molecular weight excluding hydrogens is 513 g/mol. The van der Waals surface area contributed by atoms with Gasteiger partial charge in [-0.1, -0.05) is 12.1 Å². The van der Waals surface area contributed by atoms with E-state index in [0.717, 1.165) is 24.9 Å². The zero-order chi connectivity index (χ0) is 20.6. The summed E-state index contributed by atoms with van der Waals surface area (Å²) in [6, 6.07) is 9.65. The second-order valence-corrected chi connectivity index (χ2v) is 7.82. The van der Waals surface area contributed by atoms with E-state index >= 15 is 0 Å². The minimum absolute atomic E-state index is 0. The Hall–Kier alpha value is -2.14. The molecule has 7 nitrogen and oxygen atoms in total. The number of fused-ring (bicyclic) bond motifs is 1. The number of nitrogens with zero attached hydrogens (tertiary/aromatic N) is 2. The number of thiophene rings is 1. The van der Waals surface area contributed by atoms with Crippen molar-refractivity contribution in [2.24, 2.45) is 4.99 Å². The van der Waals surface area contributed by atoms with Crippen molar-refractivity contribution in [2.75, 3.05) is 33.7 Å². The van der Waals surface area contributed by atoms with E-state index < -0.39 is 0 Å². The van der Waals surface area contributed by atoms with Gasteiger partial charge in [0.2, 0.25) is 5.91 Å². The molecule has 0 atom stereocenters. The van der Waals surface area contributed by atoms with Gasteiger partial charge >= 0.3 is 0 Å². The Morgan fingerprint density at radius 2 is 2.07 bits per heavy atom. The van der Waals surface area contributed by atoms with Gasteiger partial charge < -0.3 is 20.9 Å². The van der Waals surface area contributed by atoms with Crippen LogP contribution in [0.15, 0.2) is 40.7 Å². The third-order valence-electron chi connectivity index (χ3n) is 4.91. The van der Waals surface area contributed by atoms with Gasteiger partial charge in [0.05, 0.1) is 6.54 Å². The Bertz CT molecular complexity index is 899. The minimum Gasteiger partial charge on any atom is -0.356 e. The SMILES string of the molecule is CN=C(NCCc1cccc(C(=O)NC)c1)NCC(=O)N1CCc2sccc2C1.I. The fourth-order valence-electron chi connectivity index (χ4n) is 3.29. The second kappa shape index (κ2) is 11.9. The molecule has 162 valence electrons. The number of aliphatic imine (C=N–C) groups is 1. The van der Waals surface area contributed by atoms with Crippen molar-refractivity contribution in [3.05, 3.63) is 57.3 Å². The molecule has 2 aromatic rings. The van der Waals surface area contributed by atoms with Crippen LogP contribution >= 0.6 is 35.3 Å². The zero-order valence-electron chi connectivity index (χ0n) is 17.2. The van der Waals surface area contributed by atoms with Gasteiger partial charge in [0, 0.05) is 44.2 Å². The molecule has 0 saturated heterocycles. The Labute approximate surface area is 198 Å². The van der Waals surface area contributed by atoms with E-state index in [2.05, 4.69) is 32.4 Å². The van der Waals surface area contributed by atoms with Gasteiger partial charge in [-0.3, -0.25) is 14.6 Å². The summed E-state index contributed by atoms with van der Waals surface area (Å²) in [5.74, 6) is 0.570. The molecule has 0 unspecified atom stereocenters. The average molecular weight is 541 g/mol. The molecule has 9 heteroatoms. The first-order valence-electron chi connectivity index (χ1n) is 9.69. The third-order valence-corrected chi connectivity index (χ3v) is 5.94. The van der Waals surface area contributed by atoms with Gasteiger partial charge in [0.1, 0.15) is 0 Å². The largest absolute Gasteiger partial charge is 0.356 e. The summed E-state index contributed by atoms with van der Waals surface area (Å²) >= 11 is 1.77. The molecule has 1 aromatic heterocycles. The molecule has 2 heterocycles. The van der Waals surface area contributed by atoms with Crippen LogP contribution in [0.5, 0.6) is 0 Å². The molecule has 0 saturated carbocycles. The fraction of sp³-hybridized carbons (Fsp3) is 0.381. The fourth-order valence-corrected chi connectivity index (χ4v) is 4.18. The van der Waals surface area contributed by atoms with Crippen LogP contribution in [0.4, 0.5) is 0 Å². The van der Waals surface area contributed by atoms with Crippen molar-refractivity contribution in [1.82, 2.24) is 20.9 Å². The molecular formula is C21H28IN5O2S. The molecule has 0 spiro atoms. The highest BCUT2D eigenvalue weighted by Crippen LogP contribution is 2.23. The lowest BCUT2D eigenvalue weighted by Gasteiger charge is -2.27. The van der Waals surface area contributed by atoms with Crippen LogP contribution in [-0.4, -0.2) is 56.4 Å². The Morgan fingerprint density at radius 1 is 1.23 bits per heavy atom. The number of guanidine groups is 1. The van der Waals surface area contributed by atoms with E-state index in [0.29, 0.717) is 24.6 Å². The normalized spacial score (nSPS) is 13.1. The van der Waals surface area contributed by atoms with Crippen molar-refractivity contribution >= 4 is 53.1 Å². The van der Waals surface area contributed by atoms with Crippen LogP contribution in [0.1, 0.15) is 26.4 Å². The molecule has 1 aliphatic rings. The van der Waals surface area contributed by atoms with Gasteiger partial charge in [-0.25, -0.2) is 0 Å². The van der Waals surface area contributed by atoms with Crippen LogP contribution in [0.2, 0.25) is 0 Å². The second-order valence-electron chi connectivity index (χ2n) is 6.82. The lowest BCUT2D eigenvalue weighted by Crippen LogP contribution is -2.46. The smallest absolute Gasteiger partial charge is 0.251 e. The predicted molar refractivity (Wildman–Crippen MR) is 132 cm³/mol. The van der Waals surface area contributed by atoms with E-state index in [1.165, 1.54) is 10.4 Å².